The second kappa shape index (κ2) is 8.66. The molecule has 1 saturated heterocycles. The molecule has 1 aliphatic rings. The van der Waals surface area contributed by atoms with E-state index in [2.05, 4.69) is 4.98 Å². The summed E-state index contributed by atoms with van der Waals surface area (Å²) in [6, 6.07) is 13.2. The highest BCUT2D eigenvalue weighted by Gasteiger charge is 2.49. The van der Waals surface area contributed by atoms with E-state index in [1.807, 2.05) is 88.1 Å². The fraction of sp³-hybridized carbons (Fsp3) is 0.423. The van der Waals surface area contributed by atoms with Crippen LogP contribution in [-0.2, 0) is 16.0 Å². The number of methoxy groups -OCH3 is 1. The molecule has 0 aliphatic carbocycles. The molecule has 5 heteroatoms. The molecule has 31 heavy (non-hydrogen) atoms. The van der Waals surface area contributed by atoms with Crippen molar-refractivity contribution in [3.8, 4) is 5.75 Å². The zero-order valence-electron chi connectivity index (χ0n) is 19.3. The van der Waals surface area contributed by atoms with Crippen LogP contribution in [0.3, 0.4) is 0 Å². The topological polar surface area (TPSA) is 59.5 Å². The van der Waals surface area contributed by atoms with Gasteiger partial charge in [-0.1, -0.05) is 52.8 Å². The maximum atomic E-state index is 13.5. The number of ether oxygens (including phenoxy) is 1. The van der Waals surface area contributed by atoms with Gasteiger partial charge in [0.05, 0.1) is 12.8 Å². The van der Waals surface area contributed by atoms with Crippen molar-refractivity contribution in [3.63, 3.8) is 0 Å². The van der Waals surface area contributed by atoms with Crippen LogP contribution in [0.5, 0.6) is 5.75 Å². The number of hydrogen-bond acceptors (Lipinski definition) is 4. The minimum Gasteiger partial charge on any atom is -0.497 e. The molecule has 1 aromatic carbocycles. The zero-order valence-corrected chi connectivity index (χ0v) is 19.3. The van der Waals surface area contributed by atoms with Crippen molar-refractivity contribution in [3.05, 3.63) is 65.5 Å². The third-order valence-corrected chi connectivity index (χ3v) is 5.93. The summed E-state index contributed by atoms with van der Waals surface area (Å²) in [6.07, 6.45) is 4.12. The Balaban J connectivity index is 2.02. The average molecular weight is 421 g/mol. The molecule has 5 nitrogen and oxygen atoms in total. The molecule has 1 aromatic heterocycles. The van der Waals surface area contributed by atoms with Crippen LogP contribution in [0.1, 0.15) is 45.9 Å². The van der Waals surface area contributed by atoms with E-state index in [0.29, 0.717) is 12.0 Å². The molecule has 1 amide bonds. The van der Waals surface area contributed by atoms with Crippen LogP contribution >= 0.6 is 0 Å². The van der Waals surface area contributed by atoms with Gasteiger partial charge in [-0.05, 0) is 42.3 Å². The summed E-state index contributed by atoms with van der Waals surface area (Å²) in [5.41, 5.74) is 1.12. The number of benzene rings is 1. The maximum absolute atomic E-state index is 13.5. The van der Waals surface area contributed by atoms with Gasteiger partial charge in [0, 0.05) is 35.2 Å². The van der Waals surface area contributed by atoms with Gasteiger partial charge in [-0.3, -0.25) is 14.6 Å². The number of ketones is 1. The van der Waals surface area contributed by atoms with Gasteiger partial charge < -0.3 is 9.64 Å². The summed E-state index contributed by atoms with van der Waals surface area (Å²) in [5.74, 6) is 0.888. The summed E-state index contributed by atoms with van der Waals surface area (Å²) in [6.45, 7) is 9.94. The second-order valence-electron chi connectivity index (χ2n) is 9.73. The molecule has 164 valence electrons. The van der Waals surface area contributed by atoms with Gasteiger partial charge in [-0.25, -0.2) is 0 Å². The van der Waals surface area contributed by atoms with Gasteiger partial charge in [-0.15, -0.1) is 0 Å². The van der Waals surface area contributed by atoms with Crippen molar-refractivity contribution in [1.82, 2.24) is 9.88 Å². The third kappa shape index (κ3) is 4.87. The lowest BCUT2D eigenvalue weighted by Crippen LogP contribution is -2.60. The summed E-state index contributed by atoms with van der Waals surface area (Å²) in [7, 11) is 1.64. The van der Waals surface area contributed by atoms with E-state index in [1.54, 1.807) is 13.3 Å². The van der Waals surface area contributed by atoms with Crippen LogP contribution < -0.4 is 4.74 Å². The first-order valence-corrected chi connectivity index (χ1v) is 10.6. The number of piperidine rings is 1. The lowest BCUT2D eigenvalue weighted by Gasteiger charge is -2.48. The van der Waals surface area contributed by atoms with Gasteiger partial charge in [0.2, 0.25) is 5.91 Å². The van der Waals surface area contributed by atoms with Gasteiger partial charge in [0.1, 0.15) is 5.75 Å². The molecule has 1 unspecified atom stereocenters. The normalized spacial score (nSPS) is 20.1. The van der Waals surface area contributed by atoms with Gasteiger partial charge in [0.25, 0.3) is 0 Å². The summed E-state index contributed by atoms with van der Waals surface area (Å²) in [4.78, 5) is 33.2. The summed E-state index contributed by atoms with van der Waals surface area (Å²) in [5, 5.41) is 0. The Bertz CT molecular complexity index is 970. The molecular formula is C26H32N2O3. The molecule has 1 aliphatic heterocycles. The maximum Gasteiger partial charge on any atom is 0.228 e. The second-order valence-corrected chi connectivity index (χ2v) is 9.73. The van der Waals surface area contributed by atoms with Crippen molar-refractivity contribution >= 4 is 17.8 Å². The van der Waals surface area contributed by atoms with Gasteiger partial charge in [0.15, 0.2) is 5.78 Å². The molecular weight excluding hydrogens is 388 g/mol. The number of rotatable bonds is 4. The van der Waals surface area contributed by atoms with E-state index >= 15 is 0 Å². The predicted molar refractivity (Wildman–Crippen MR) is 123 cm³/mol. The van der Waals surface area contributed by atoms with Crippen LogP contribution in [0.15, 0.2) is 54.2 Å². The van der Waals surface area contributed by atoms with Crippen molar-refractivity contribution in [2.24, 2.45) is 10.8 Å². The van der Waals surface area contributed by atoms with Crippen LogP contribution in [0, 0.1) is 10.8 Å². The molecule has 2 aromatic rings. The van der Waals surface area contributed by atoms with Crippen molar-refractivity contribution in [2.75, 3.05) is 13.7 Å². The Kier molecular flexibility index (Phi) is 6.35. The molecule has 0 radical (unpaired) electrons. The first-order valence-electron chi connectivity index (χ1n) is 10.6. The average Bonchev–Trinajstić information content (AvgIpc) is 2.74. The lowest BCUT2D eigenvalue weighted by atomic mass is 9.70. The van der Waals surface area contributed by atoms with E-state index in [0.717, 1.165) is 17.0 Å². The number of likely N-dealkylation sites (tertiary alicyclic amines) is 1. The van der Waals surface area contributed by atoms with Crippen molar-refractivity contribution in [1.29, 1.82) is 0 Å². The van der Waals surface area contributed by atoms with E-state index in [-0.39, 0.29) is 24.3 Å². The molecule has 2 heterocycles. The highest BCUT2D eigenvalue weighted by molar-refractivity contribution is 6.05. The van der Waals surface area contributed by atoms with Crippen LogP contribution in [0.25, 0.3) is 6.08 Å². The molecule has 1 fully saturated rings. The molecule has 1 atom stereocenters. The van der Waals surface area contributed by atoms with Crippen LogP contribution in [0.4, 0.5) is 0 Å². The number of Topliss-reactive ketones (excluding diaryl/α,β-unsaturated/α-hetero) is 1. The number of pyridine rings is 1. The van der Waals surface area contributed by atoms with Crippen LogP contribution in [-0.4, -0.2) is 41.3 Å². The Morgan fingerprint density at radius 3 is 2.42 bits per heavy atom. The molecule has 3 rings (SSSR count). The number of amides is 1. The molecule has 0 bridgehead atoms. The van der Waals surface area contributed by atoms with E-state index in [1.165, 1.54) is 0 Å². The highest BCUT2D eigenvalue weighted by atomic mass is 16.5. The number of hydrogen-bond donors (Lipinski definition) is 0. The Morgan fingerprint density at radius 2 is 1.87 bits per heavy atom. The van der Waals surface area contributed by atoms with Crippen molar-refractivity contribution < 1.29 is 14.3 Å². The fourth-order valence-electron chi connectivity index (χ4n) is 4.07. The minimum absolute atomic E-state index is 0.0403. The first kappa shape index (κ1) is 22.7. The third-order valence-electron chi connectivity index (χ3n) is 5.93. The summed E-state index contributed by atoms with van der Waals surface area (Å²) < 4.78 is 5.26. The Labute approximate surface area is 185 Å². The molecule has 0 N–H and O–H groups in total. The smallest absolute Gasteiger partial charge is 0.228 e. The van der Waals surface area contributed by atoms with Crippen LogP contribution in [0.2, 0.25) is 0 Å². The predicted octanol–water partition coefficient (Wildman–Crippen LogP) is 4.57. The Hall–Kier alpha value is -2.95. The first-order chi connectivity index (χ1) is 14.5. The standard InChI is InChI=1S/C26H32N2O3/c1-25(2,3)24(30)28-17-19(16-20-9-7-8-14-27-20)23(29)26(4,5)22(28)15-18-10-12-21(31-6)13-11-18/h7-14,16,22H,15,17H2,1-6H3. The summed E-state index contributed by atoms with van der Waals surface area (Å²) >= 11 is 0. The highest BCUT2D eigenvalue weighted by Crippen LogP contribution is 2.39. The van der Waals surface area contributed by atoms with Crippen molar-refractivity contribution in [2.45, 2.75) is 47.1 Å². The largest absolute Gasteiger partial charge is 0.497 e. The SMILES string of the molecule is COc1ccc(CC2N(C(=O)C(C)(C)C)CC(=Cc3ccccn3)C(=O)C2(C)C)cc1. The van der Waals surface area contributed by atoms with E-state index < -0.39 is 10.8 Å². The molecule has 0 saturated carbocycles. The van der Waals surface area contributed by atoms with E-state index in [4.69, 9.17) is 4.74 Å². The van der Waals surface area contributed by atoms with Gasteiger partial charge >= 0.3 is 0 Å². The zero-order chi connectivity index (χ0) is 22.8. The van der Waals surface area contributed by atoms with Gasteiger partial charge in [-0.2, -0.15) is 0 Å². The fourth-order valence-corrected chi connectivity index (χ4v) is 4.07. The number of nitrogens with zero attached hydrogens (tertiary/aromatic N) is 2. The lowest BCUT2D eigenvalue weighted by molar-refractivity contribution is -0.149. The van der Waals surface area contributed by atoms with E-state index in [9.17, 15) is 9.59 Å². The molecule has 0 spiro atoms. The minimum atomic E-state index is -0.736. The number of carbonyl (C=O) groups is 2. The number of aromatic nitrogens is 1. The Morgan fingerprint density at radius 1 is 1.19 bits per heavy atom. The quantitative estimate of drug-likeness (QED) is 0.680. The monoisotopic (exact) mass is 420 g/mol. The number of carbonyl (C=O) groups excluding carboxylic acids is 2.